The minimum atomic E-state index is -3.95. The van der Waals surface area contributed by atoms with Crippen molar-refractivity contribution in [1.29, 1.82) is 0 Å². The van der Waals surface area contributed by atoms with Crippen LogP contribution < -0.4 is 9.46 Å². The number of carbonyl (C=O) groups is 1. The van der Waals surface area contributed by atoms with Gasteiger partial charge in [0.2, 0.25) is 0 Å². The first-order valence-electron chi connectivity index (χ1n) is 5.74. The summed E-state index contributed by atoms with van der Waals surface area (Å²) in [5, 5.41) is 8.92. The molecule has 2 N–H and O–H groups in total. The Morgan fingerprint density at radius 2 is 2.14 bits per heavy atom. The van der Waals surface area contributed by atoms with E-state index >= 15 is 0 Å². The van der Waals surface area contributed by atoms with Crippen LogP contribution in [0.15, 0.2) is 34.0 Å². The molecule has 0 saturated carbocycles. The molecule has 2 aromatic rings. The van der Waals surface area contributed by atoms with E-state index in [1.165, 1.54) is 12.6 Å². The van der Waals surface area contributed by atoms with Gasteiger partial charge in [0.15, 0.2) is 9.90 Å². The standard InChI is InChI=1S/C12H12N2O5S2/c1-19-9-5-3-2-4-8(9)6-14-21(17,18)12-10(11(15)16)13-7-20-12/h2-5,7,14H,6H2,1H3,(H,15,16). The maximum Gasteiger partial charge on any atom is 0.356 e. The maximum absolute atomic E-state index is 12.1. The van der Waals surface area contributed by atoms with Crippen LogP contribution in [-0.2, 0) is 16.6 Å². The van der Waals surface area contributed by atoms with Gasteiger partial charge in [-0.15, -0.1) is 11.3 Å². The second-order valence-electron chi connectivity index (χ2n) is 3.93. The number of ether oxygens (including phenoxy) is 1. The first kappa shape index (κ1) is 15.4. The van der Waals surface area contributed by atoms with E-state index in [-0.39, 0.29) is 10.8 Å². The summed E-state index contributed by atoms with van der Waals surface area (Å²) in [6.07, 6.45) is 0. The van der Waals surface area contributed by atoms with Crippen LogP contribution >= 0.6 is 11.3 Å². The zero-order chi connectivity index (χ0) is 15.5. The highest BCUT2D eigenvalue weighted by Crippen LogP contribution is 2.22. The number of carboxylic acid groups (broad SMARTS) is 1. The number of nitrogens with zero attached hydrogens (tertiary/aromatic N) is 1. The Hall–Kier alpha value is -1.97. The smallest absolute Gasteiger partial charge is 0.356 e. The number of aromatic carboxylic acids is 1. The molecule has 0 fully saturated rings. The number of hydrogen-bond donors (Lipinski definition) is 2. The highest BCUT2D eigenvalue weighted by atomic mass is 32.2. The van der Waals surface area contributed by atoms with Crippen molar-refractivity contribution in [1.82, 2.24) is 9.71 Å². The lowest BCUT2D eigenvalue weighted by atomic mass is 10.2. The minimum Gasteiger partial charge on any atom is -0.496 e. The molecule has 1 aromatic heterocycles. The number of para-hydroxylation sites is 1. The Labute approximate surface area is 125 Å². The average Bonchev–Trinajstić information content (AvgIpc) is 2.96. The predicted octanol–water partition coefficient (Wildman–Crippen LogP) is 1.33. The Morgan fingerprint density at radius 3 is 2.81 bits per heavy atom. The summed E-state index contributed by atoms with van der Waals surface area (Å²) < 4.78 is 31.4. The van der Waals surface area contributed by atoms with E-state index in [1.807, 2.05) is 0 Å². The van der Waals surface area contributed by atoms with Gasteiger partial charge in [0.1, 0.15) is 5.75 Å². The molecular weight excluding hydrogens is 316 g/mol. The number of nitrogens with one attached hydrogen (secondary N) is 1. The van der Waals surface area contributed by atoms with Crippen molar-refractivity contribution < 1.29 is 23.1 Å². The molecule has 112 valence electrons. The van der Waals surface area contributed by atoms with Gasteiger partial charge in [-0.2, -0.15) is 0 Å². The van der Waals surface area contributed by atoms with Crippen molar-refractivity contribution in [3.05, 3.63) is 41.0 Å². The zero-order valence-electron chi connectivity index (χ0n) is 10.9. The van der Waals surface area contributed by atoms with Gasteiger partial charge in [-0.3, -0.25) is 0 Å². The second-order valence-corrected chi connectivity index (χ2v) is 6.75. The van der Waals surface area contributed by atoms with Gasteiger partial charge in [0, 0.05) is 12.1 Å². The van der Waals surface area contributed by atoms with Gasteiger partial charge in [0.25, 0.3) is 10.0 Å². The number of aromatic nitrogens is 1. The van der Waals surface area contributed by atoms with Gasteiger partial charge in [-0.25, -0.2) is 22.9 Å². The molecule has 0 atom stereocenters. The second kappa shape index (κ2) is 6.20. The van der Waals surface area contributed by atoms with E-state index < -0.39 is 21.7 Å². The van der Waals surface area contributed by atoms with Crippen LogP contribution in [0.1, 0.15) is 16.1 Å². The van der Waals surface area contributed by atoms with E-state index in [0.717, 1.165) is 11.3 Å². The zero-order valence-corrected chi connectivity index (χ0v) is 12.6. The van der Waals surface area contributed by atoms with E-state index in [1.54, 1.807) is 24.3 Å². The number of sulfonamides is 1. The lowest BCUT2D eigenvalue weighted by Gasteiger charge is -2.09. The number of rotatable bonds is 6. The fourth-order valence-electron chi connectivity index (χ4n) is 1.66. The molecule has 0 aliphatic heterocycles. The molecule has 0 spiro atoms. The number of hydrogen-bond acceptors (Lipinski definition) is 6. The summed E-state index contributed by atoms with van der Waals surface area (Å²) in [4.78, 5) is 14.5. The molecule has 0 aliphatic carbocycles. The normalized spacial score (nSPS) is 11.3. The molecule has 1 heterocycles. The van der Waals surface area contributed by atoms with Gasteiger partial charge in [-0.1, -0.05) is 18.2 Å². The molecule has 0 unspecified atom stereocenters. The molecule has 21 heavy (non-hydrogen) atoms. The number of benzene rings is 1. The highest BCUT2D eigenvalue weighted by molar-refractivity contribution is 7.91. The fourth-order valence-corrected chi connectivity index (χ4v) is 3.85. The van der Waals surface area contributed by atoms with Gasteiger partial charge < -0.3 is 9.84 Å². The van der Waals surface area contributed by atoms with E-state index in [9.17, 15) is 13.2 Å². The van der Waals surface area contributed by atoms with Crippen molar-refractivity contribution in [2.45, 2.75) is 10.8 Å². The van der Waals surface area contributed by atoms with E-state index in [0.29, 0.717) is 11.3 Å². The van der Waals surface area contributed by atoms with Gasteiger partial charge in [0.05, 0.1) is 12.6 Å². The molecule has 7 nitrogen and oxygen atoms in total. The summed E-state index contributed by atoms with van der Waals surface area (Å²) in [5.41, 5.74) is 1.35. The molecule has 0 radical (unpaired) electrons. The van der Waals surface area contributed by atoms with Gasteiger partial charge >= 0.3 is 5.97 Å². The molecule has 0 aliphatic rings. The lowest BCUT2D eigenvalue weighted by Crippen LogP contribution is -2.24. The van der Waals surface area contributed by atoms with Crippen LogP contribution in [0.25, 0.3) is 0 Å². The van der Waals surface area contributed by atoms with Crippen molar-refractivity contribution in [2.75, 3.05) is 7.11 Å². The van der Waals surface area contributed by atoms with Crippen molar-refractivity contribution >= 4 is 27.3 Å². The van der Waals surface area contributed by atoms with Crippen molar-refractivity contribution in [2.24, 2.45) is 0 Å². The van der Waals surface area contributed by atoms with Gasteiger partial charge in [-0.05, 0) is 6.07 Å². The highest BCUT2D eigenvalue weighted by Gasteiger charge is 2.25. The minimum absolute atomic E-state index is 0.0106. The monoisotopic (exact) mass is 328 g/mol. The van der Waals surface area contributed by atoms with Crippen LogP contribution in [0, 0.1) is 0 Å². The van der Waals surface area contributed by atoms with Crippen LogP contribution in [0.4, 0.5) is 0 Å². The lowest BCUT2D eigenvalue weighted by molar-refractivity contribution is 0.0687. The quantitative estimate of drug-likeness (QED) is 0.828. The van der Waals surface area contributed by atoms with Crippen LogP contribution in [0.3, 0.4) is 0 Å². The Balaban J connectivity index is 2.22. The molecule has 0 bridgehead atoms. The molecule has 9 heteroatoms. The number of carboxylic acids is 1. The molecular formula is C12H12N2O5S2. The first-order chi connectivity index (χ1) is 9.95. The van der Waals surface area contributed by atoms with Crippen LogP contribution in [-0.4, -0.2) is 31.6 Å². The topological polar surface area (TPSA) is 106 Å². The van der Waals surface area contributed by atoms with Crippen LogP contribution in [0.5, 0.6) is 5.75 Å². The summed E-state index contributed by atoms with van der Waals surface area (Å²) in [7, 11) is -2.46. The average molecular weight is 328 g/mol. The van der Waals surface area contributed by atoms with E-state index in [4.69, 9.17) is 9.84 Å². The SMILES string of the molecule is COc1ccccc1CNS(=O)(=O)c1scnc1C(=O)O. The number of thiazole rings is 1. The Kier molecular flexibility index (Phi) is 4.56. The Bertz CT molecular complexity index is 755. The fraction of sp³-hybridized carbons (Fsp3) is 0.167. The summed E-state index contributed by atoms with van der Waals surface area (Å²) in [6, 6.07) is 6.94. The maximum atomic E-state index is 12.1. The largest absolute Gasteiger partial charge is 0.496 e. The summed E-state index contributed by atoms with van der Waals surface area (Å²) in [6.45, 7) is -0.0106. The summed E-state index contributed by atoms with van der Waals surface area (Å²) >= 11 is 0.756. The molecule has 2 rings (SSSR count). The summed E-state index contributed by atoms with van der Waals surface area (Å²) in [5.74, 6) is -0.836. The molecule has 1 aromatic carbocycles. The van der Waals surface area contributed by atoms with Crippen molar-refractivity contribution in [3.63, 3.8) is 0 Å². The predicted molar refractivity (Wildman–Crippen MR) is 76.1 cm³/mol. The first-order valence-corrected chi connectivity index (χ1v) is 8.10. The number of methoxy groups -OCH3 is 1. The Morgan fingerprint density at radius 1 is 1.43 bits per heavy atom. The van der Waals surface area contributed by atoms with E-state index in [2.05, 4.69) is 9.71 Å². The molecule has 0 saturated heterocycles. The van der Waals surface area contributed by atoms with Crippen molar-refractivity contribution in [3.8, 4) is 5.75 Å². The third-order valence-electron chi connectivity index (χ3n) is 2.63. The molecule has 0 amide bonds. The third kappa shape index (κ3) is 3.38. The third-order valence-corrected chi connectivity index (χ3v) is 5.40. The van der Waals surface area contributed by atoms with Crippen LogP contribution in [0.2, 0.25) is 0 Å².